The molecule has 4 atom stereocenters. The minimum Gasteiger partial charge on any atom is -0.507 e. The van der Waals surface area contributed by atoms with Crippen LogP contribution >= 0.6 is 0 Å². The molecule has 38 heavy (non-hydrogen) atoms. The van der Waals surface area contributed by atoms with E-state index in [0.29, 0.717) is 25.7 Å². The first-order chi connectivity index (χ1) is 18.2. The maximum Gasteiger partial charge on any atom is 0.455 e. The lowest BCUT2D eigenvalue weighted by molar-refractivity contribution is -0.140. The summed E-state index contributed by atoms with van der Waals surface area (Å²) in [6.07, 6.45) is 5.02. The fourth-order valence-electron chi connectivity index (χ4n) is 6.89. The van der Waals surface area contributed by atoms with Crippen molar-refractivity contribution in [3.63, 3.8) is 0 Å². The topological polar surface area (TPSA) is 87.1 Å². The normalized spacial score (nSPS) is 26.0. The number of amides is 2. The van der Waals surface area contributed by atoms with E-state index in [-0.39, 0.29) is 41.4 Å². The van der Waals surface area contributed by atoms with Gasteiger partial charge in [0.15, 0.2) is 0 Å². The third-order valence-electron chi connectivity index (χ3n) is 8.62. The number of carbonyl (C=O) groups is 2. The lowest BCUT2D eigenvalue weighted by atomic mass is 9.57. The molecule has 2 fully saturated rings. The Balaban J connectivity index is 1.42. The van der Waals surface area contributed by atoms with Crippen molar-refractivity contribution in [2.45, 2.75) is 65.8 Å². The zero-order chi connectivity index (χ0) is 27.1. The van der Waals surface area contributed by atoms with E-state index in [0.717, 1.165) is 34.8 Å². The Morgan fingerprint density at radius 3 is 2.58 bits per heavy atom. The smallest absolute Gasteiger partial charge is 0.455 e. The molecule has 200 valence electrons. The molecule has 7 heteroatoms. The number of benzene rings is 2. The Kier molecular flexibility index (Phi) is 7.52. The third kappa shape index (κ3) is 4.71. The van der Waals surface area contributed by atoms with E-state index in [9.17, 15) is 19.7 Å². The summed E-state index contributed by atoms with van der Waals surface area (Å²) in [5.74, 6) is -0.497. The number of nitrogens with zero attached hydrogens (tertiary/aromatic N) is 1. The first-order valence-corrected chi connectivity index (χ1v) is 14.0. The Bertz CT molecular complexity index is 1310. The highest BCUT2D eigenvalue weighted by Gasteiger charge is 2.57. The van der Waals surface area contributed by atoms with Crippen molar-refractivity contribution in [2.24, 2.45) is 23.7 Å². The summed E-state index contributed by atoms with van der Waals surface area (Å²) >= 11 is 0. The molecule has 0 unspecified atom stereocenters. The van der Waals surface area contributed by atoms with Crippen LogP contribution in [-0.2, 0) is 14.2 Å². The van der Waals surface area contributed by atoms with Crippen molar-refractivity contribution in [2.75, 3.05) is 6.54 Å². The average Bonchev–Trinajstić information content (AvgIpc) is 3.13. The summed E-state index contributed by atoms with van der Waals surface area (Å²) < 4.78 is 6.14. The second kappa shape index (κ2) is 10.7. The molecule has 5 rings (SSSR count). The van der Waals surface area contributed by atoms with E-state index in [1.165, 1.54) is 16.0 Å². The van der Waals surface area contributed by atoms with Crippen molar-refractivity contribution >= 4 is 35.8 Å². The number of hydrogen-bond acceptors (Lipinski definition) is 5. The molecule has 2 heterocycles. The lowest BCUT2D eigenvalue weighted by Gasteiger charge is -2.44. The molecule has 2 saturated heterocycles. The maximum absolute atomic E-state index is 13.4. The summed E-state index contributed by atoms with van der Waals surface area (Å²) in [5, 5.41) is 22.8. The van der Waals surface area contributed by atoms with Gasteiger partial charge in [0.05, 0.1) is 17.9 Å². The molecule has 0 aromatic heterocycles. The molecule has 0 saturated carbocycles. The largest absolute Gasteiger partial charge is 0.507 e. The molecule has 2 aromatic carbocycles. The molecule has 2 amide bonds. The van der Waals surface area contributed by atoms with E-state index in [4.69, 9.17) is 4.65 Å². The van der Waals surface area contributed by atoms with Gasteiger partial charge < -0.3 is 14.8 Å². The molecule has 2 aromatic rings. The molecule has 1 aliphatic carbocycles. The highest BCUT2D eigenvalue weighted by atomic mass is 16.5. The predicted molar refractivity (Wildman–Crippen MR) is 150 cm³/mol. The Hall–Kier alpha value is -2.90. The summed E-state index contributed by atoms with van der Waals surface area (Å²) in [5.41, 5.74) is 4.59. The van der Waals surface area contributed by atoms with Crippen molar-refractivity contribution in [3.8, 4) is 5.75 Å². The molecular weight excluding hydrogens is 477 g/mol. The van der Waals surface area contributed by atoms with Gasteiger partial charge in [-0.05, 0) is 73.4 Å². The first kappa shape index (κ1) is 26.7. The SMILES string of the molecule is CCCN1C(=O)[C@@H]2[C@@H](CC(C(C)C)=C3[C@@H](CC/C(C)=C/c4ccc(O)c5ccccc45)OB(O)C[C@@H]32)C1=O. The van der Waals surface area contributed by atoms with Gasteiger partial charge in [-0.15, -0.1) is 0 Å². The number of carbonyl (C=O) groups excluding carboxylic acids is 2. The molecule has 2 N–H and O–H groups in total. The van der Waals surface area contributed by atoms with Gasteiger partial charge in [-0.1, -0.05) is 68.3 Å². The molecule has 2 aliphatic heterocycles. The van der Waals surface area contributed by atoms with Gasteiger partial charge >= 0.3 is 7.12 Å². The van der Waals surface area contributed by atoms with Gasteiger partial charge in [0.2, 0.25) is 11.8 Å². The van der Waals surface area contributed by atoms with E-state index in [1.807, 2.05) is 37.3 Å². The number of imide groups is 1. The summed E-state index contributed by atoms with van der Waals surface area (Å²) in [6, 6.07) is 11.5. The molecular formula is C31H38BNO5. The van der Waals surface area contributed by atoms with Crippen LogP contribution in [0.3, 0.4) is 0 Å². The monoisotopic (exact) mass is 515 g/mol. The number of phenols is 1. The minimum absolute atomic E-state index is 0.0449. The average molecular weight is 515 g/mol. The maximum atomic E-state index is 13.4. The van der Waals surface area contributed by atoms with Crippen LogP contribution in [0.5, 0.6) is 5.75 Å². The van der Waals surface area contributed by atoms with Crippen LogP contribution in [0.1, 0.15) is 58.9 Å². The predicted octanol–water partition coefficient (Wildman–Crippen LogP) is 5.59. The molecule has 0 radical (unpaired) electrons. The van der Waals surface area contributed by atoms with E-state index in [1.54, 1.807) is 6.07 Å². The van der Waals surface area contributed by atoms with Crippen molar-refractivity contribution in [1.29, 1.82) is 0 Å². The Labute approximate surface area is 225 Å². The summed E-state index contributed by atoms with van der Waals surface area (Å²) in [7, 11) is -0.950. The van der Waals surface area contributed by atoms with Gasteiger partial charge in [0.25, 0.3) is 0 Å². The van der Waals surface area contributed by atoms with Crippen molar-refractivity contribution in [3.05, 3.63) is 58.7 Å². The van der Waals surface area contributed by atoms with Crippen molar-refractivity contribution < 1.29 is 24.4 Å². The fourth-order valence-corrected chi connectivity index (χ4v) is 6.89. The van der Waals surface area contributed by atoms with Crippen LogP contribution in [0.25, 0.3) is 16.8 Å². The van der Waals surface area contributed by atoms with Gasteiger partial charge in [-0.2, -0.15) is 0 Å². The second-order valence-corrected chi connectivity index (χ2v) is 11.5. The molecule has 6 nitrogen and oxygen atoms in total. The standard InChI is InChI=1S/C31H38BNO5/c1-5-14-33-30(35)24-16-23(18(2)3)28-25(29(24)31(33)36)17-32(37)38-27(28)13-10-19(4)15-20-11-12-26(34)22-9-7-6-8-21(20)22/h6-9,11-12,15,18,24-25,27,29,34,37H,5,10,13-14,16-17H2,1-4H3/b19-15+/t24-,25+,27-,29-/m1/s1. The minimum atomic E-state index is -0.950. The van der Waals surface area contributed by atoms with Crippen LogP contribution < -0.4 is 0 Å². The van der Waals surface area contributed by atoms with E-state index < -0.39 is 13.0 Å². The number of allylic oxidation sites excluding steroid dienone is 2. The Morgan fingerprint density at radius 1 is 1.13 bits per heavy atom. The lowest BCUT2D eigenvalue weighted by Crippen LogP contribution is -2.46. The van der Waals surface area contributed by atoms with Gasteiger partial charge in [0.1, 0.15) is 5.75 Å². The van der Waals surface area contributed by atoms with Gasteiger partial charge in [0, 0.05) is 11.9 Å². The molecule has 0 bridgehead atoms. The van der Waals surface area contributed by atoms with Gasteiger partial charge in [-0.25, -0.2) is 0 Å². The van der Waals surface area contributed by atoms with Crippen molar-refractivity contribution in [1.82, 2.24) is 4.90 Å². The van der Waals surface area contributed by atoms with Gasteiger partial charge in [-0.3, -0.25) is 14.5 Å². The number of likely N-dealkylation sites (tertiary alicyclic amines) is 1. The second-order valence-electron chi connectivity index (χ2n) is 11.5. The first-order valence-electron chi connectivity index (χ1n) is 14.0. The summed E-state index contributed by atoms with van der Waals surface area (Å²) in [4.78, 5) is 28.1. The van der Waals surface area contributed by atoms with E-state index in [2.05, 4.69) is 26.8 Å². The summed E-state index contributed by atoms with van der Waals surface area (Å²) in [6.45, 7) is 8.83. The van der Waals surface area contributed by atoms with Crippen LogP contribution in [-0.4, -0.2) is 46.6 Å². The van der Waals surface area contributed by atoms with Crippen LogP contribution in [0, 0.1) is 23.7 Å². The van der Waals surface area contributed by atoms with Crippen LogP contribution in [0.15, 0.2) is 53.1 Å². The zero-order valence-electron chi connectivity index (χ0n) is 22.8. The zero-order valence-corrected chi connectivity index (χ0v) is 22.8. The number of phenolic OH excluding ortho intramolecular Hbond substituents is 1. The number of rotatable bonds is 7. The Morgan fingerprint density at radius 2 is 1.87 bits per heavy atom. The third-order valence-corrected chi connectivity index (χ3v) is 8.62. The highest BCUT2D eigenvalue weighted by molar-refractivity contribution is 6.43. The van der Waals surface area contributed by atoms with Crippen LogP contribution in [0.2, 0.25) is 6.32 Å². The quantitative estimate of drug-likeness (QED) is 0.285. The molecule has 3 aliphatic rings. The number of aromatic hydroxyl groups is 1. The fraction of sp³-hybridized carbons (Fsp3) is 0.484. The highest BCUT2D eigenvalue weighted by Crippen LogP contribution is 2.52. The van der Waals surface area contributed by atoms with E-state index >= 15 is 0 Å². The number of hydrogen-bond donors (Lipinski definition) is 2. The molecule has 0 spiro atoms. The van der Waals surface area contributed by atoms with Crippen LogP contribution in [0.4, 0.5) is 0 Å². The number of fused-ring (bicyclic) bond motifs is 4.